The molecule has 0 radical (unpaired) electrons. The number of benzene rings is 1. The van der Waals surface area contributed by atoms with Crippen molar-refractivity contribution in [3.63, 3.8) is 0 Å². The fourth-order valence-corrected chi connectivity index (χ4v) is 4.07. The average Bonchev–Trinajstić information content (AvgIpc) is 3.19. The lowest BCUT2D eigenvalue weighted by molar-refractivity contribution is 0.0983. The third-order valence-electron chi connectivity index (χ3n) is 4.19. The number of rotatable bonds is 6. The van der Waals surface area contributed by atoms with E-state index in [9.17, 15) is 4.79 Å². The first-order chi connectivity index (χ1) is 12.8. The number of anilines is 1. The zero-order valence-corrected chi connectivity index (χ0v) is 18.8. The van der Waals surface area contributed by atoms with Gasteiger partial charge in [-0.2, -0.15) is 0 Å². The van der Waals surface area contributed by atoms with Crippen LogP contribution in [0.1, 0.15) is 21.9 Å². The standard InChI is InChI=1S/C19H22ClN3O3S.ClH/c1-11-10-13(12(2)26-11)18(24)23(9-8-22(3)4)19-21-16-15(25-5)7-6-14(20)17(16)27-19;/h6-7,10H,8-9H2,1-5H3;1H. The van der Waals surface area contributed by atoms with E-state index in [0.717, 1.165) is 4.70 Å². The second-order valence-electron chi connectivity index (χ2n) is 6.51. The van der Waals surface area contributed by atoms with E-state index in [1.807, 2.05) is 25.9 Å². The molecule has 0 unspecified atom stereocenters. The lowest BCUT2D eigenvalue weighted by Crippen LogP contribution is -2.36. The number of halogens is 2. The molecule has 0 spiro atoms. The van der Waals surface area contributed by atoms with Gasteiger partial charge in [0.15, 0.2) is 5.13 Å². The minimum absolute atomic E-state index is 0. The molecule has 0 atom stereocenters. The number of hydrogen-bond acceptors (Lipinski definition) is 6. The molecule has 2 aromatic heterocycles. The maximum absolute atomic E-state index is 13.3. The maximum atomic E-state index is 13.3. The fraction of sp³-hybridized carbons (Fsp3) is 0.368. The molecule has 6 nitrogen and oxygen atoms in total. The molecule has 0 N–H and O–H groups in total. The van der Waals surface area contributed by atoms with Crippen LogP contribution in [0, 0.1) is 13.8 Å². The zero-order chi connectivity index (χ0) is 19.7. The van der Waals surface area contributed by atoms with Crippen LogP contribution in [0.4, 0.5) is 5.13 Å². The monoisotopic (exact) mass is 443 g/mol. The quantitative estimate of drug-likeness (QED) is 0.547. The molecule has 9 heteroatoms. The number of likely N-dealkylation sites (N-methyl/N-ethyl adjacent to an activating group) is 1. The molecular weight excluding hydrogens is 421 g/mol. The summed E-state index contributed by atoms with van der Waals surface area (Å²) >= 11 is 7.73. The molecule has 0 saturated carbocycles. The van der Waals surface area contributed by atoms with Gasteiger partial charge in [-0.3, -0.25) is 9.69 Å². The van der Waals surface area contributed by atoms with Crippen molar-refractivity contribution in [3.8, 4) is 5.75 Å². The summed E-state index contributed by atoms with van der Waals surface area (Å²) in [5.74, 6) is 1.80. The van der Waals surface area contributed by atoms with E-state index in [2.05, 4.69) is 4.98 Å². The normalized spacial score (nSPS) is 11.0. The summed E-state index contributed by atoms with van der Waals surface area (Å²) in [5, 5.41) is 1.17. The number of aromatic nitrogens is 1. The van der Waals surface area contributed by atoms with E-state index in [1.165, 1.54) is 11.3 Å². The molecular formula is C19H23Cl2N3O3S. The van der Waals surface area contributed by atoms with Crippen molar-refractivity contribution in [3.05, 3.63) is 40.3 Å². The number of methoxy groups -OCH3 is 1. The Morgan fingerprint density at radius 2 is 2.00 bits per heavy atom. The van der Waals surface area contributed by atoms with Crippen molar-refractivity contribution < 1.29 is 13.9 Å². The van der Waals surface area contributed by atoms with Crippen LogP contribution in [0.3, 0.4) is 0 Å². The number of ether oxygens (including phenoxy) is 1. The van der Waals surface area contributed by atoms with Gasteiger partial charge in [-0.1, -0.05) is 22.9 Å². The molecule has 0 fully saturated rings. The minimum atomic E-state index is -0.139. The maximum Gasteiger partial charge on any atom is 0.263 e. The summed E-state index contributed by atoms with van der Waals surface area (Å²) in [6, 6.07) is 5.32. The topological polar surface area (TPSA) is 58.8 Å². The van der Waals surface area contributed by atoms with E-state index in [-0.39, 0.29) is 18.3 Å². The highest BCUT2D eigenvalue weighted by Gasteiger charge is 2.25. The third kappa shape index (κ3) is 4.43. The molecule has 0 saturated heterocycles. The van der Waals surface area contributed by atoms with E-state index in [1.54, 1.807) is 37.1 Å². The largest absolute Gasteiger partial charge is 0.494 e. The van der Waals surface area contributed by atoms with Gasteiger partial charge in [0, 0.05) is 13.1 Å². The lowest BCUT2D eigenvalue weighted by Gasteiger charge is -2.21. The molecule has 0 bridgehead atoms. The average molecular weight is 444 g/mol. The Kier molecular flexibility index (Phi) is 7.33. The van der Waals surface area contributed by atoms with Gasteiger partial charge in [-0.15, -0.1) is 12.4 Å². The number of fused-ring (bicyclic) bond motifs is 1. The fourth-order valence-electron chi connectivity index (χ4n) is 2.79. The van der Waals surface area contributed by atoms with Crippen molar-refractivity contribution in [1.82, 2.24) is 9.88 Å². The number of carbonyl (C=O) groups excluding carboxylic acids is 1. The van der Waals surface area contributed by atoms with Gasteiger partial charge in [-0.05, 0) is 46.1 Å². The summed E-state index contributed by atoms with van der Waals surface area (Å²) in [6.07, 6.45) is 0. The highest BCUT2D eigenvalue weighted by molar-refractivity contribution is 7.23. The van der Waals surface area contributed by atoms with Crippen molar-refractivity contribution in [2.24, 2.45) is 0 Å². The molecule has 152 valence electrons. The van der Waals surface area contributed by atoms with Crippen LogP contribution in [0.25, 0.3) is 10.2 Å². The Hall–Kier alpha value is -1.80. The molecule has 2 heterocycles. The molecule has 28 heavy (non-hydrogen) atoms. The van der Waals surface area contributed by atoms with Crippen molar-refractivity contribution in [2.45, 2.75) is 13.8 Å². The Morgan fingerprint density at radius 3 is 2.57 bits per heavy atom. The van der Waals surface area contributed by atoms with Crippen LogP contribution >= 0.6 is 35.3 Å². The molecule has 1 aromatic carbocycles. The van der Waals surface area contributed by atoms with Crippen LogP contribution in [-0.2, 0) is 0 Å². The van der Waals surface area contributed by atoms with Crippen LogP contribution < -0.4 is 9.64 Å². The molecule has 0 aliphatic carbocycles. The number of thiazole rings is 1. The smallest absolute Gasteiger partial charge is 0.263 e. The Morgan fingerprint density at radius 1 is 1.29 bits per heavy atom. The number of amides is 1. The van der Waals surface area contributed by atoms with Crippen LogP contribution in [0.15, 0.2) is 22.6 Å². The second kappa shape index (κ2) is 9.13. The number of aryl methyl sites for hydroxylation is 2. The summed E-state index contributed by atoms with van der Waals surface area (Å²) < 4.78 is 11.7. The molecule has 3 aromatic rings. The minimum Gasteiger partial charge on any atom is -0.494 e. The van der Waals surface area contributed by atoms with E-state index in [4.69, 9.17) is 20.8 Å². The van der Waals surface area contributed by atoms with Gasteiger partial charge in [-0.25, -0.2) is 4.98 Å². The zero-order valence-electron chi connectivity index (χ0n) is 16.4. The van der Waals surface area contributed by atoms with Crippen molar-refractivity contribution in [2.75, 3.05) is 39.2 Å². The number of hydrogen-bond donors (Lipinski definition) is 0. The van der Waals surface area contributed by atoms with Gasteiger partial charge in [0.2, 0.25) is 0 Å². The predicted octanol–water partition coefficient (Wildman–Crippen LogP) is 4.80. The van der Waals surface area contributed by atoms with Gasteiger partial charge < -0.3 is 14.1 Å². The Labute approximate surface area is 179 Å². The molecule has 0 aliphatic rings. The number of furan rings is 1. The first kappa shape index (κ1) is 22.5. The second-order valence-corrected chi connectivity index (χ2v) is 7.90. The Balaban J connectivity index is 0.00000280. The van der Waals surface area contributed by atoms with E-state index >= 15 is 0 Å². The highest BCUT2D eigenvalue weighted by atomic mass is 35.5. The van der Waals surface area contributed by atoms with E-state index in [0.29, 0.717) is 51.6 Å². The predicted molar refractivity (Wildman–Crippen MR) is 117 cm³/mol. The van der Waals surface area contributed by atoms with E-state index < -0.39 is 0 Å². The molecule has 3 rings (SSSR count). The summed E-state index contributed by atoms with van der Waals surface area (Å²) in [5.41, 5.74) is 1.20. The van der Waals surface area contributed by atoms with Gasteiger partial charge >= 0.3 is 0 Å². The highest BCUT2D eigenvalue weighted by Crippen LogP contribution is 2.39. The summed E-state index contributed by atoms with van der Waals surface area (Å²) in [7, 11) is 5.52. The van der Waals surface area contributed by atoms with Crippen LogP contribution in [0.5, 0.6) is 5.75 Å². The lowest BCUT2D eigenvalue weighted by atomic mass is 10.2. The summed E-state index contributed by atoms with van der Waals surface area (Å²) in [4.78, 5) is 21.6. The van der Waals surface area contributed by atoms with Crippen LogP contribution in [-0.4, -0.2) is 50.1 Å². The third-order valence-corrected chi connectivity index (χ3v) is 5.72. The molecule has 1 amide bonds. The first-order valence-corrected chi connectivity index (χ1v) is 9.68. The first-order valence-electron chi connectivity index (χ1n) is 8.48. The van der Waals surface area contributed by atoms with Gasteiger partial charge in [0.1, 0.15) is 22.8 Å². The Bertz CT molecular complexity index is 984. The van der Waals surface area contributed by atoms with Crippen molar-refractivity contribution >= 4 is 56.6 Å². The molecule has 0 aliphatic heterocycles. The van der Waals surface area contributed by atoms with Gasteiger partial charge in [0.25, 0.3) is 5.91 Å². The van der Waals surface area contributed by atoms with Gasteiger partial charge in [0.05, 0.1) is 22.4 Å². The van der Waals surface area contributed by atoms with Crippen molar-refractivity contribution in [1.29, 1.82) is 0 Å². The summed E-state index contributed by atoms with van der Waals surface area (Å²) in [6.45, 7) is 4.82. The van der Waals surface area contributed by atoms with Crippen LogP contribution in [0.2, 0.25) is 5.02 Å². The number of carbonyl (C=O) groups is 1. The number of nitrogens with zero attached hydrogens (tertiary/aromatic N) is 3. The SMILES string of the molecule is COc1ccc(Cl)c2sc(N(CCN(C)C)C(=O)c3cc(C)oc3C)nc12.Cl.